The maximum absolute atomic E-state index is 13.1. The van der Waals surface area contributed by atoms with Crippen LogP contribution in [-0.2, 0) is 10.2 Å². The van der Waals surface area contributed by atoms with Gasteiger partial charge in [0.25, 0.3) is 0 Å². The van der Waals surface area contributed by atoms with Crippen molar-refractivity contribution in [3.63, 3.8) is 0 Å². The molecule has 14 heavy (non-hydrogen) atoms. The second-order valence-corrected chi connectivity index (χ2v) is 5.07. The minimum absolute atomic E-state index is 0.0340. The van der Waals surface area contributed by atoms with Crippen LogP contribution in [0, 0.1) is 0 Å². The summed E-state index contributed by atoms with van der Waals surface area (Å²) in [5, 5.41) is 0. The van der Waals surface area contributed by atoms with Gasteiger partial charge in [0.15, 0.2) is 0 Å². The number of benzene rings is 1. The largest absolute Gasteiger partial charge is 0.399 e. The van der Waals surface area contributed by atoms with Gasteiger partial charge in [-0.25, -0.2) is 0 Å². The summed E-state index contributed by atoms with van der Waals surface area (Å²) >= 11 is 2.80. The molecule has 0 spiro atoms. The zero-order valence-electron chi connectivity index (χ0n) is 6.69. The van der Waals surface area contributed by atoms with Gasteiger partial charge in [-0.3, -0.25) is 4.57 Å². The Kier molecular flexibility index (Phi) is 3.11. The lowest BCUT2D eigenvalue weighted by atomic mass is 10.2. The molecule has 1 aromatic carbocycles. The van der Waals surface area contributed by atoms with E-state index in [0.29, 0.717) is 0 Å². The summed E-state index contributed by atoms with van der Waals surface area (Å²) in [5.41, 5.74) is -4.87. The Hall–Kier alpha value is -0.290. The van der Waals surface area contributed by atoms with Crippen molar-refractivity contribution in [2.24, 2.45) is 0 Å². The molecule has 0 unspecified atom stereocenters. The average molecular weight is 287 g/mol. The molecule has 0 amide bonds. The van der Waals surface area contributed by atoms with Crippen LogP contribution in [-0.4, -0.2) is 9.79 Å². The van der Waals surface area contributed by atoms with Crippen molar-refractivity contribution >= 4 is 23.5 Å². The molecule has 0 aliphatic carbocycles. The predicted octanol–water partition coefficient (Wildman–Crippen LogP) is 2.68. The number of halogens is 3. The topological polar surface area (TPSA) is 57.5 Å². The smallest absolute Gasteiger partial charge is 0.320 e. The van der Waals surface area contributed by atoms with Crippen molar-refractivity contribution in [3.8, 4) is 0 Å². The molecule has 0 saturated heterocycles. The van der Waals surface area contributed by atoms with Gasteiger partial charge < -0.3 is 9.79 Å². The van der Waals surface area contributed by atoms with Crippen LogP contribution in [0.1, 0.15) is 5.56 Å². The number of hydrogen-bond acceptors (Lipinski definition) is 1. The van der Waals surface area contributed by atoms with E-state index in [1.165, 1.54) is 18.2 Å². The molecule has 0 aromatic heterocycles. The minimum Gasteiger partial charge on any atom is -0.320 e. The summed E-state index contributed by atoms with van der Waals surface area (Å²) in [7, 11) is -5.48. The molecule has 0 bridgehead atoms. The van der Waals surface area contributed by atoms with Crippen LogP contribution in [0.4, 0.5) is 8.78 Å². The molecule has 2 N–H and O–H groups in total. The first-order chi connectivity index (χ1) is 6.27. The fourth-order valence-electron chi connectivity index (χ4n) is 0.862. The van der Waals surface area contributed by atoms with Crippen molar-refractivity contribution in [3.05, 3.63) is 34.3 Å². The molecule has 0 aliphatic rings. The maximum Gasteiger partial charge on any atom is 0.399 e. The van der Waals surface area contributed by atoms with Crippen molar-refractivity contribution < 1.29 is 23.1 Å². The van der Waals surface area contributed by atoms with Gasteiger partial charge >= 0.3 is 13.3 Å². The first-order valence-corrected chi connectivity index (χ1v) is 5.86. The number of hydrogen-bond donors (Lipinski definition) is 2. The van der Waals surface area contributed by atoms with Gasteiger partial charge in [-0.15, -0.1) is 0 Å². The Morgan fingerprint density at radius 3 is 2.21 bits per heavy atom. The Bertz CT molecular complexity index is 390. The minimum atomic E-state index is -5.48. The lowest BCUT2D eigenvalue weighted by molar-refractivity contribution is 0.0557. The fraction of sp³-hybridized carbons (Fsp3) is 0.143. The van der Waals surface area contributed by atoms with E-state index in [1.807, 2.05) is 0 Å². The van der Waals surface area contributed by atoms with Crippen LogP contribution < -0.4 is 0 Å². The van der Waals surface area contributed by atoms with Crippen molar-refractivity contribution in [2.75, 3.05) is 0 Å². The van der Waals surface area contributed by atoms with Crippen LogP contribution in [0.3, 0.4) is 0 Å². The highest BCUT2D eigenvalue weighted by Crippen LogP contribution is 2.60. The molecule has 1 rings (SSSR count). The first-order valence-electron chi connectivity index (χ1n) is 3.45. The lowest BCUT2D eigenvalue weighted by Gasteiger charge is -2.18. The summed E-state index contributed by atoms with van der Waals surface area (Å²) in [4.78, 5) is 16.9. The lowest BCUT2D eigenvalue weighted by Crippen LogP contribution is -2.14. The average Bonchev–Trinajstić information content (AvgIpc) is 2.02. The standard InChI is InChI=1S/C7H6BrF2O3P/c8-6-4-2-1-3-5(6)7(9,10)14(11,12)13/h1-4H,(H2,11,12,13). The van der Waals surface area contributed by atoms with Gasteiger partial charge in [0.05, 0.1) is 0 Å². The van der Waals surface area contributed by atoms with E-state index in [1.54, 1.807) is 0 Å². The van der Waals surface area contributed by atoms with Crippen LogP contribution >= 0.6 is 23.5 Å². The Labute approximate surface area is 87.0 Å². The summed E-state index contributed by atoms with van der Waals surface area (Å²) in [6.45, 7) is 0. The predicted molar refractivity (Wildman–Crippen MR) is 50.1 cm³/mol. The molecule has 0 fully saturated rings. The third-order valence-corrected chi connectivity index (χ3v) is 3.23. The fourth-order valence-corrected chi connectivity index (χ4v) is 2.06. The van der Waals surface area contributed by atoms with Crippen LogP contribution in [0.15, 0.2) is 28.7 Å². The molecule has 78 valence electrons. The molecule has 7 heteroatoms. The maximum atomic E-state index is 13.1. The molecule has 3 nitrogen and oxygen atoms in total. The molecule has 0 aliphatic heterocycles. The quantitative estimate of drug-likeness (QED) is 0.822. The molecule has 0 atom stereocenters. The number of alkyl halides is 2. The van der Waals surface area contributed by atoms with Gasteiger partial charge in [-0.05, 0) is 6.07 Å². The third kappa shape index (κ3) is 2.03. The second-order valence-electron chi connectivity index (χ2n) is 2.57. The first kappa shape index (κ1) is 11.8. The highest BCUT2D eigenvalue weighted by Gasteiger charge is 2.51. The third-order valence-electron chi connectivity index (χ3n) is 1.56. The SMILES string of the molecule is O=P(O)(O)C(F)(F)c1ccccc1Br. The zero-order valence-corrected chi connectivity index (χ0v) is 9.17. The van der Waals surface area contributed by atoms with E-state index in [-0.39, 0.29) is 4.47 Å². The van der Waals surface area contributed by atoms with E-state index in [9.17, 15) is 13.3 Å². The van der Waals surface area contributed by atoms with Gasteiger partial charge in [0.2, 0.25) is 0 Å². The van der Waals surface area contributed by atoms with E-state index < -0.39 is 18.8 Å². The molecule has 0 saturated carbocycles. The van der Waals surface area contributed by atoms with Crippen molar-refractivity contribution in [2.45, 2.75) is 5.66 Å². The summed E-state index contributed by atoms with van der Waals surface area (Å²) < 4.78 is 36.8. The van der Waals surface area contributed by atoms with Gasteiger partial charge in [-0.2, -0.15) is 8.78 Å². The monoisotopic (exact) mass is 286 g/mol. The Morgan fingerprint density at radius 2 is 1.79 bits per heavy atom. The van der Waals surface area contributed by atoms with E-state index in [2.05, 4.69) is 15.9 Å². The molecular formula is C7H6BrF2O3P. The summed E-state index contributed by atoms with van der Waals surface area (Å²) in [6.07, 6.45) is 0. The van der Waals surface area contributed by atoms with E-state index in [0.717, 1.165) is 6.07 Å². The highest BCUT2D eigenvalue weighted by molar-refractivity contribution is 9.10. The summed E-state index contributed by atoms with van der Waals surface area (Å²) in [6, 6.07) is 5.01. The Morgan fingerprint density at radius 1 is 1.29 bits per heavy atom. The molecule has 1 aromatic rings. The van der Waals surface area contributed by atoms with Crippen LogP contribution in [0.25, 0.3) is 0 Å². The van der Waals surface area contributed by atoms with Gasteiger partial charge in [-0.1, -0.05) is 34.1 Å². The molecule has 0 heterocycles. The summed E-state index contributed by atoms with van der Waals surface area (Å²) in [5.74, 6) is 0. The molecular weight excluding hydrogens is 281 g/mol. The van der Waals surface area contributed by atoms with Gasteiger partial charge in [0.1, 0.15) is 0 Å². The van der Waals surface area contributed by atoms with Gasteiger partial charge in [0, 0.05) is 10.0 Å². The van der Waals surface area contributed by atoms with E-state index >= 15 is 0 Å². The normalized spacial score (nSPS) is 12.9. The van der Waals surface area contributed by atoms with Crippen LogP contribution in [0.2, 0.25) is 0 Å². The number of rotatable bonds is 2. The van der Waals surface area contributed by atoms with Crippen LogP contribution in [0.5, 0.6) is 0 Å². The van der Waals surface area contributed by atoms with Crippen molar-refractivity contribution in [1.82, 2.24) is 0 Å². The molecule has 0 radical (unpaired) electrons. The zero-order chi connectivity index (χ0) is 11.0. The second kappa shape index (κ2) is 3.70. The van der Waals surface area contributed by atoms with Crippen molar-refractivity contribution in [1.29, 1.82) is 0 Å². The Balaban J connectivity index is 3.31. The van der Waals surface area contributed by atoms with E-state index in [4.69, 9.17) is 9.79 Å². The highest BCUT2D eigenvalue weighted by atomic mass is 79.9.